The minimum absolute atomic E-state index is 0.137. The summed E-state index contributed by atoms with van der Waals surface area (Å²) in [6, 6.07) is 9.52. The SMILES string of the molecule is O=C(NCc1nc(-c2ccccc2)no1)c1cn(CC2CCCNC2)nn1. The smallest absolute Gasteiger partial charge is 0.273 e. The average molecular weight is 367 g/mol. The zero-order valence-corrected chi connectivity index (χ0v) is 14.8. The molecule has 2 N–H and O–H groups in total. The van der Waals surface area contributed by atoms with E-state index < -0.39 is 0 Å². The molecular weight excluding hydrogens is 346 g/mol. The Kier molecular flexibility index (Phi) is 5.20. The third-order valence-corrected chi connectivity index (χ3v) is 4.52. The van der Waals surface area contributed by atoms with Crippen molar-refractivity contribution in [1.82, 2.24) is 35.8 Å². The molecule has 1 aromatic carbocycles. The van der Waals surface area contributed by atoms with Crippen molar-refractivity contribution in [1.29, 1.82) is 0 Å². The van der Waals surface area contributed by atoms with E-state index in [1.54, 1.807) is 10.9 Å². The van der Waals surface area contributed by atoms with Gasteiger partial charge in [-0.25, -0.2) is 0 Å². The quantitative estimate of drug-likeness (QED) is 0.675. The highest BCUT2D eigenvalue weighted by molar-refractivity contribution is 5.91. The van der Waals surface area contributed by atoms with Gasteiger partial charge in [0.1, 0.15) is 0 Å². The van der Waals surface area contributed by atoms with Gasteiger partial charge in [0.05, 0.1) is 12.7 Å². The van der Waals surface area contributed by atoms with Crippen molar-refractivity contribution in [2.45, 2.75) is 25.9 Å². The Bertz CT molecular complexity index is 884. The highest BCUT2D eigenvalue weighted by atomic mass is 16.5. The largest absolute Gasteiger partial charge is 0.342 e. The lowest BCUT2D eigenvalue weighted by Crippen LogP contribution is -2.32. The van der Waals surface area contributed by atoms with Gasteiger partial charge in [-0.15, -0.1) is 5.10 Å². The molecule has 4 rings (SSSR count). The number of amides is 1. The second kappa shape index (κ2) is 8.09. The molecule has 140 valence electrons. The normalized spacial score (nSPS) is 17.0. The standard InChI is InChI=1S/C18H21N7O2/c26-18(15-12-25(24-22-15)11-13-5-4-8-19-9-13)20-10-16-21-17(23-27-16)14-6-2-1-3-7-14/h1-3,6-7,12-13,19H,4-5,8-11H2,(H,20,26). The van der Waals surface area contributed by atoms with Gasteiger partial charge in [-0.1, -0.05) is 40.7 Å². The number of hydrogen-bond acceptors (Lipinski definition) is 7. The molecule has 1 fully saturated rings. The second-order valence-electron chi connectivity index (χ2n) is 6.60. The summed E-state index contributed by atoms with van der Waals surface area (Å²) in [6.07, 6.45) is 4.00. The fourth-order valence-electron chi connectivity index (χ4n) is 3.11. The molecule has 27 heavy (non-hydrogen) atoms. The molecule has 0 spiro atoms. The van der Waals surface area contributed by atoms with Gasteiger partial charge in [-0.2, -0.15) is 4.98 Å². The van der Waals surface area contributed by atoms with Crippen LogP contribution in [-0.2, 0) is 13.1 Å². The first-order chi connectivity index (χ1) is 13.3. The van der Waals surface area contributed by atoms with Crippen LogP contribution in [0.15, 0.2) is 41.1 Å². The maximum atomic E-state index is 12.3. The summed E-state index contributed by atoms with van der Waals surface area (Å²) in [4.78, 5) is 16.6. The lowest BCUT2D eigenvalue weighted by Gasteiger charge is -2.22. The molecule has 0 bridgehead atoms. The molecular formula is C18H21N7O2. The Morgan fingerprint density at radius 1 is 1.33 bits per heavy atom. The van der Waals surface area contributed by atoms with Crippen molar-refractivity contribution in [3.8, 4) is 11.4 Å². The molecule has 1 atom stereocenters. The average Bonchev–Trinajstić information content (AvgIpc) is 3.37. The van der Waals surface area contributed by atoms with Gasteiger partial charge in [0, 0.05) is 12.1 Å². The third kappa shape index (κ3) is 4.37. The Morgan fingerprint density at radius 3 is 3.04 bits per heavy atom. The molecule has 1 unspecified atom stereocenters. The van der Waals surface area contributed by atoms with Gasteiger partial charge >= 0.3 is 0 Å². The van der Waals surface area contributed by atoms with Gasteiger partial charge < -0.3 is 15.2 Å². The number of nitrogens with zero attached hydrogens (tertiary/aromatic N) is 5. The zero-order chi connectivity index (χ0) is 18.5. The van der Waals surface area contributed by atoms with Crippen LogP contribution >= 0.6 is 0 Å². The van der Waals surface area contributed by atoms with E-state index in [4.69, 9.17) is 4.52 Å². The van der Waals surface area contributed by atoms with Crippen LogP contribution in [0, 0.1) is 5.92 Å². The van der Waals surface area contributed by atoms with Crippen molar-refractivity contribution in [2.75, 3.05) is 13.1 Å². The summed E-state index contributed by atoms with van der Waals surface area (Å²) in [5.41, 5.74) is 1.14. The summed E-state index contributed by atoms with van der Waals surface area (Å²) in [7, 11) is 0. The number of hydrogen-bond donors (Lipinski definition) is 2. The summed E-state index contributed by atoms with van der Waals surface area (Å²) in [6.45, 7) is 2.95. The van der Waals surface area contributed by atoms with Gasteiger partial charge in [-0.3, -0.25) is 9.48 Å². The molecule has 3 heterocycles. The number of aromatic nitrogens is 5. The molecule has 0 aliphatic carbocycles. The second-order valence-corrected chi connectivity index (χ2v) is 6.60. The van der Waals surface area contributed by atoms with Crippen LogP contribution in [0.3, 0.4) is 0 Å². The van der Waals surface area contributed by atoms with Crippen LogP contribution < -0.4 is 10.6 Å². The lowest BCUT2D eigenvalue weighted by molar-refractivity contribution is 0.0941. The number of carbonyl (C=O) groups excluding carboxylic acids is 1. The first-order valence-corrected chi connectivity index (χ1v) is 9.05. The molecule has 9 heteroatoms. The number of carbonyl (C=O) groups is 1. The monoisotopic (exact) mass is 367 g/mol. The molecule has 0 radical (unpaired) electrons. The van der Waals surface area contributed by atoms with Crippen molar-refractivity contribution in [2.24, 2.45) is 5.92 Å². The van der Waals surface area contributed by atoms with Crippen LogP contribution in [0.1, 0.15) is 29.2 Å². The predicted molar refractivity (Wildman–Crippen MR) is 96.5 cm³/mol. The lowest BCUT2D eigenvalue weighted by atomic mass is 10.00. The molecule has 1 aliphatic heterocycles. The maximum absolute atomic E-state index is 12.3. The predicted octanol–water partition coefficient (Wildman–Crippen LogP) is 1.26. The number of nitrogens with one attached hydrogen (secondary N) is 2. The van der Waals surface area contributed by atoms with Crippen molar-refractivity contribution in [3.05, 3.63) is 48.1 Å². The van der Waals surface area contributed by atoms with E-state index in [1.165, 1.54) is 6.42 Å². The number of rotatable bonds is 6. The van der Waals surface area contributed by atoms with Crippen LogP contribution in [-0.4, -0.2) is 44.1 Å². The van der Waals surface area contributed by atoms with Crippen LogP contribution in [0.2, 0.25) is 0 Å². The first kappa shape index (κ1) is 17.3. The van der Waals surface area contributed by atoms with E-state index in [0.717, 1.165) is 31.6 Å². The van der Waals surface area contributed by atoms with Gasteiger partial charge in [-0.05, 0) is 31.8 Å². The molecule has 3 aromatic rings. The Balaban J connectivity index is 1.31. The van der Waals surface area contributed by atoms with Crippen molar-refractivity contribution >= 4 is 5.91 Å². The number of piperidine rings is 1. The van der Waals surface area contributed by atoms with Crippen molar-refractivity contribution in [3.63, 3.8) is 0 Å². The minimum atomic E-state index is -0.317. The molecule has 9 nitrogen and oxygen atoms in total. The Morgan fingerprint density at radius 2 is 2.22 bits per heavy atom. The molecule has 1 amide bonds. The topological polar surface area (TPSA) is 111 Å². The van der Waals surface area contributed by atoms with E-state index in [0.29, 0.717) is 17.6 Å². The highest BCUT2D eigenvalue weighted by Crippen LogP contribution is 2.15. The minimum Gasteiger partial charge on any atom is -0.342 e. The summed E-state index contributed by atoms with van der Waals surface area (Å²) in [5.74, 6) is 1.03. The highest BCUT2D eigenvalue weighted by Gasteiger charge is 2.17. The fraction of sp³-hybridized carbons (Fsp3) is 0.389. The van der Waals surface area contributed by atoms with Crippen LogP contribution in [0.4, 0.5) is 0 Å². The summed E-state index contributed by atoms with van der Waals surface area (Å²) in [5, 5.41) is 18.1. The Hall–Kier alpha value is -3.07. The van der Waals surface area contributed by atoms with Crippen LogP contribution in [0.5, 0.6) is 0 Å². The van der Waals surface area contributed by atoms with Crippen molar-refractivity contribution < 1.29 is 9.32 Å². The fourth-order valence-corrected chi connectivity index (χ4v) is 3.11. The zero-order valence-electron chi connectivity index (χ0n) is 14.8. The number of benzene rings is 1. The molecule has 2 aromatic heterocycles. The molecule has 0 saturated carbocycles. The Labute approximate surface area is 156 Å². The first-order valence-electron chi connectivity index (χ1n) is 9.05. The van der Waals surface area contributed by atoms with Gasteiger partial charge in [0.25, 0.3) is 5.91 Å². The third-order valence-electron chi connectivity index (χ3n) is 4.52. The summed E-state index contributed by atoms with van der Waals surface area (Å²) < 4.78 is 6.92. The van der Waals surface area contributed by atoms with E-state index in [9.17, 15) is 4.79 Å². The van der Waals surface area contributed by atoms with E-state index in [1.807, 2.05) is 30.3 Å². The molecule has 1 aliphatic rings. The van der Waals surface area contributed by atoms with E-state index in [-0.39, 0.29) is 18.1 Å². The van der Waals surface area contributed by atoms with Gasteiger partial charge in [0.2, 0.25) is 11.7 Å². The summed E-state index contributed by atoms with van der Waals surface area (Å²) >= 11 is 0. The van der Waals surface area contributed by atoms with Gasteiger partial charge in [0.15, 0.2) is 5.69 Å². The van der Waals surface area contributed by atoms with E-state index >= 15 is 0 Å². The maximum Gasteiger partial charge on any atom is 0.273 e. The van der Waals surface area contributed by atoms with E-state index in [2.05, 4.69) is 31.1 Å². The van der Waals surface area contributed by atoms with Crippen LogP contribution in [0.25, 0.3) is 11.4 Å². The molecule has 1 saturated heterocycles.